The number of Topliss-reactive ketones (excluding diaryl/α,β-unsaturated/α-hetero) is 1. The van der Waals surface area contributed by atoms with Gasteiger partial charge >= 0.3 is 0 Å². The topological polar surface area (TPSA) is 41.6 Å². The molecule has 0 bridgehead atoms. The number of nitrogens with one attached hydrogen (secondary N) is 1. The molecule has 1 N–H and O–H groups in total. The molecule has 0 spiro atoms. The van der Waals surface area contributed by atoms with E-state index < -0.39 is 0 Å². The molecule has 0 amide bonds. The first-order valence-corrected chi connectivity index (χ1v) is 7.32. The fourth-order valence-electron chi connectivity index (χ4n) is 2.61. The Morgan fingerprint density at radius 2 is 2.00 bits per heavy atom. The van der Waals surface area contributed by atoms with E-state index in [1.54, 1.807) is 6.92 Å². The van der Waals surface area contributed by atoms with Crippen LogP contribution in [-0.4, -0.2) is 50.0 Å². The summed E-state index contributed by atoms with van der Waals surface area (Å²) < 4.78 is 5.78. The summed E-state index contributed by atoms with van der Waals surface area (Å²) in [6.07, 6.45) is 2.39. The zero-order valence-electron chi connectivity index (χ0n) is 12.8. The van der Waals surface area contributed by atoms with Crippen LogP contribution in [-0.2, 0) is 0 Å². The second-order valence-electron chi connectivity index (χ2n) is 5.36. The molecule has 118 valence electrons. The lowest BCUT2D eigenvalue weighted by Gasteiger charge is -2.31. The van der Waals surface area contributed by atoms with Crippen molar-refractivity contribution >= 4 is 18.2 Å². The van der Waals surface area contributed by atoms with E-state index in [0.717, 1.165) is 19.6 Å². The van der Waals surface area contributed by atoms with Crippen molar-refractivity contribution in [1.29, 1.82) is 0 Å². The fraction of sp³-hybridized carbons (Fsp3) is 0.562. The number of halogens is 1. The number of para-hydroxylation sites is 1. The van der Waals surface area contributed by atoms with Crippen LogP contribution in [0.5, 0.6) is 5.75 Å². The van der Waals surface area contributed by atoms with Crippen LogP contribution in [0.4, 0.5) is 0 Å². The molecule has 0 atom stereocenters. The number of piperidine rings is 1. The largest absolute Gasteiger partial charge is 0.491 e. The Kier molecular flexibility index (Phi) is 7.72. The Labute approximate surface area is 133 Å². The minimum absolute atomic E-state index is 0. The molecule has 4 nitrogen and oxygen atoms in total. The van der Waals surface area contributed by atoms with Crippen molar-refractivity contribution in [2.24, 2.45) is 0 Å². The summed E-state index contributed by atoms with van der Waals surface area (Å²) in [7, 11) is 2.15. The molecule has 0 saturated carbocycles. The number of carbonyl (C=O) groups is 1. The van der Waals surface area contributed by atoms with Crippen molar-refractivity contribution in [1.82, 2.24) is 10.2 Å². The van der Waals surface area contributed by atoms with E-state index in [-0.39, 0.29) is 18.2 Å². The molecule has 0 aliphatic carbocycles. The Bertz CT molecular complexity index is 448. The Morgan fingerprint density at radius 1 is 1.33 bits per heavy atom. The number of likely N-dealkylation sites (N-methyl/N-ethyl adjacent to an activating group) is 1. The summed E-state index contributed by atoms with van der Waals surface area (Å²) in [4.78, 5) is 13.9. The smallest absolute Gasteiger partial charge is 0.163 e. The molecule has 0 aromatic heterocycles. The van der Waals surface area contributed by atoms with Crippen LogP contribution in [0, 0.1) is 0 Å². The predicted molar refractivity (Wildman–Crippen MR) is 87.7 cm³/mol. The summed E-state index contributed by atoms with van der Waals surface area (Å²) in [5.74, 6) is 0.742. The molecular formula is C16H25ClN2O2. The maximum Gasteiger partial charge on any atom is 0.163 e. The average molecular weight is 313 g/mol. The van der Waals surface area contributed by atoms with E-state index in [0.29, 0.717) is 24.0 Å². The maximum atomic E-state index is 11.5. The summed E-state index contributed by atoms with van der Waals surface area (Å²) in [6, 6.07) is 8.08. The molecule has 5 heteroatoms. The minimum Gasteiger partial charge on any atom is -0.491 e. The average Bonchev–Trinajstić information content (AvgIpc) is 2.48. The van der Waals surface area contributed by atoms with Gasteiger partial charge in [-0.1, -0.05) is 12.1 Å². The van der Waals surface area contributed by atoms with Crippen LogP contribution in [0.3, 0.4) is 0 Å². The van der Waals surface area contributed by atoms with Gasteiger partial charge in [0.1, 0.15) is 12.4 Å². The van der Waals surface area contributed by atoms with Gasteiger partial charge in [-0.05, 0) is 52.0 Å². The molecule has 1 aromatic rings. The predicted octanol–water partition coefficient (Wildman–Crippen LogP) is 2.37. The minimum atomic E-state index is 0. The van der Waals surface area contributed by atoms with Crippen LogP contribution >= 0.6 is 12.4 Å². The van der Waals surface area contributed by atoms with Crippen molar-refractivity contribution in [3.05, 3.63) is 29.8 Å². The van der Waals surface area contributed by atoms with Gasteiger partial charge in [0.15, 0.2) is 5.78 Å². The number of nitrogens with zero attached hydrogens (tertiary/aromatic N) is 1. The second kappa shape index (κ2) is 9.03. The van der Waals surface area contributed by atoms with Gasteiger partial charge in [0, 0.05) is 12.6 Å². The maximum absolute atomic E-state index is 11.5. The third kappa shape index (κ3) is 5.30. The van der Waals surface area contributed by atoms with Gasteiger partial charge in [-0.2, -0.15) is 0 Å². The number of hydrogen-bond donors (Lipinski definition) is 1. The molecule has 1 aromatic carbocycles. The highest BCUT2D eigenvalue weighted by molar-refractivity contribution is 5.96. The van der Waals surface area contributed by atoms with Gasteiger partial charge in [-0.25, -0.2) is 0 Å². The van der Waals surface area contributed by atoms with Crippen molar-refractivity contribution in [2.45, 2.75) is 25.8 Å². The Balaban J connectivity index is 0.00000220. The van der Waals surface area contributed by atoms with E-state index in [2.05, 4.69) is 17.3 Å². The molecule has 0 unspecified atom stereocenters. The van der Waals surface area contributed by atoms with Gasteiger partial charge in [-0.3, -0.25) is 9.69 Å². The van der Waals surface area contributed by atoms with Crippen molar-refractivity contribution in [2.75, 3.05) is 33.3 Å². The zero-order valence-corrected chi connectivity index (χ0v) is 13.6. The lowest BCUT2D eigenvalue weighted by atomic mass is 10.1. The van der Waals surface area contributed by atoms with Gasteiger partial charge in [0.2, 0.25) is 0 Å². The second-order valence-corrected chi connectivity index (χ2v) is 5.36. The van der Waals surface area contributed by atoms with Crippen molar-refractivity contribution < 1.29 is 9.53 Å². The summed E-state index contributed by atoms with van der Waals surface area (Å²) >= 11 is 0. The number of ether oxygens (including phenoxy) is 1. The first-order valence-electron chi connectivity index (χ1n) is 7.32. The molecule has 1 fully saturated rings. The molecular weight excluding hydrogens is 288 g/mol. The standard InChI is InChI=1S/C16H24N2O2.ClH/c1-13(19)15-5-3-4-6-16(15)20-12-11-18(2)14-7-9-17-10-8-14;/h3-6,14,17H,7-12H2,1-2H3;1H. The van der Waals surface area contributed by atoms with E-state index in [9.17, 15) is 4.79 Å². The molecule has 1 saturated heterocycles. The number of benzene rings is 1. The van der Waals surface area contributed by atoms with Crippen LogP contribution in [0.2, 0.25) is 0 Å². The molecule has 1 aliphatic heterocycles. The fourth-order valence-corrected chi connectivity index (χ4v) is 2.61. The quantitative estimate of drug-likeness (QED) is 0.819. The first-order chi connectivity index (χ1) is 9.68. The van der Waals surface area contributed by atoms with Gasteiger partial charge in [0.05, 0.1) is 5.56 Å². The molecule has 21 heavy (non-hydrogen) atoms. The highest BCUT2D eigenvalue weighted by Crippen LogP contribution is 2.18. The van der Waals surface area contributed by atoms with Crippen LogP contribution < -0.4 is 10.1 Å². The van der Waals surface area contributed by atoms with E-state index in [1.165, 1.54) is 12.8 Å². The summed E-state index contributed by atoms with van der Waals surface area (Å²) in [5.41, 5.74) is 0.664. The molecule has 0 radical (unpaired) electrons. The third-order valence-corrected chi connectivity index (χ3v) is 3.90. The van der Waals surface area contributed by atoms with Gasteiger partial charge < -0.3 is 10.1 Å². The number of rotatable bonds is 6. The SMILES string of the molecule is CC(=O)c1ccccc1OCCN(C)C1CCNCC1.Cl. The normalized spacial score (nSPS) is 15.6. The van der Waals surface area contributed by atoms with E-state index >= 15 is 0 Å². The zero-order chi connectivity index (χ0) is 14.4. The van der Waals surface area contributed by atoms with Crippen LogP contribution in [0.1, 0.15) is 30.1 Å². The highest BCUT2D eigenvalue weighted by Gasteiger charge is 2.17. The first kappa shape index (κ1) is 18.0. The third-order valence-electron chi connectivity index (χ3n) is 3.90. The molecule has 2 rings (SSSR count). The van der Waals surface area contributed by atoms with Gasteiger partial charge in [0.25, 0.3) is 0 Å². The number of hydrogen-bond acceptors (Lipinski definition) is 4. The monoisotopic (exact) mass is 312 g/mol. The summed E-state index contributed by atoms with van der Waals surface area (Å²) in [5, 5.41) is 3.38. The van der Waals surface area contributed by atoms with Gasteiger partial charge in [-0.15, -0.1) is 12.4 Å². The number of ketones is 1. The van der Waals surface area contributed by atoms with Crippen LogP contribution in [0.15, 0.2) is 24.3 Å². The van der Waals surface area contributed by atoms with Crippen molar-refractivity contribution in [3.63, 3.8) is 0 Å². The lowest BCUT2D eigenvalue weighted by Crippen LogP contribution is -2.42. The molecule has 1 aliphatic rings. The lowest BCUT2D eigenvalue weighted by molar-refractivity contribution is 0.101. The van der Waals surface area contributed by atoms with Crippen molar-refractivity contribution in [3.8, 4) is 5.75 Å². The van der Waals surface area contributed by atoms with E-state index in [4.69, 9.17) is 4.74 Å². The highest BCUT2D eigenvalue weighted by atomic mass is 35.5. The van der Waals surface area contributed by atoms with E-state index in [1.807, 2.05) is 24.3 Å². The molecule has 1 heterocycles. The Morgan fingerprint density at radius 3 is 2.67 bits per heavy atom. The Hall–Kier alpha value is -1.10. The number of carbonyl (C=O) groups excluding carboxylic acids is 1. The van der Waals surface area contributed by atoms with Crippen LogP contribution in [0.25, 0.3) is 0 Å². The summed E-state index contributed by atoms with van der Waals surface area (Å²) in [6.45, 7) is 5.27.